The molecule has 2 N–H and O–H groups in total. The molecule has 2 aromatic heterocycles. The number of carbonyl (C=O) groups excluding carboxylic acids is 3. The molecule has 1 aliphatic rings. The van der Waals surface area contributed by atoms with Crippen LogP contribution in [0.2, 0.25) is 4.34 Å². The molecule has 176 valence electrons. The molecule has 3 heterocycles. The Kier molecular flexibility index (Phi) is 7.59. The summed E-state index contributed by atoms with van der Waals surface area (Å²) < 4.78 is 0.499. The minimum absolute atomic E-state index is 0.0188. The van der Waals surface area contributed by atoms with Gasteiger partial charge < -0.3 is 15.5 Å². The first-order valence-electron chi connectivity index (χ1n) is 11.1. The average molecular weight is 497 g/mol. The number of carbonyl (C=O) groups is 3. The van der Waals surface area contributed by atoms with E-state index in [2.05, 4.69) is 15.6 Å². The number of pyridine rings is 1. The van der Waals surface area contributed by atoms with Crippen molar-refractivity contribution in [1.29, 1.82) is 0 Å². The van der Waals surface area contributed by atoms with E-state index in [1.165, 1.54) is 0 Å². The van der Waals surface area contributed by atoms with E-state index in [4.69, 9.17) is 11.6 Å². The minimum Gasteiger partial charge on any atom is -0.339 e. The number of likely N-dealkylation sites (tertiary alicyclic amines) is 1. The fourth-order valence-corrected chi connectivity index (χ4v) is 4.88. The zero-order chi connectivity index (χ0) is 24.1. The van der Waals surface area contributed by atoms with Crippen LogP contribution in [0.1, 0.15) is 44.0 Å². The third-order valence-electron chi connectivity index (χ3n) is 5.73. The maximum absolute atomic E-state index is 13.2. The van der Waals surface area contributed by atoms with Crippen LogP contribution in [0.4, 0.5) is 5.69 Å². The number of halogens is 1. The number of benzene rings is 1. The normalized spacial score (nSPS) is 14.0. The van der Waals surface area contributed by atoms with Gasteiger partial charge in [0.05, 0.1) is 9.21 Å². The van der Waals surface area contributed by atoms with Gasteiger partial charge in [0.15, 0.2) is 0 Å². The summed E-state index contributed by atoms with van der Waals surface area (Å²) in [5.41, 5.74) is 2.85. The van der Waals surface area contributed by atoms with E-state index in [0.29, 0.717) is 26.9 Å². The summed E-state index contributed by atoms with van der Waals surface area (Å²) in [5, 5.41) is 5.70. The second kappa shape index (κ2) is 10.8. The molecule has 0 aliphatic carbocycles. The number of aryl methyl sites for hydroxylation is 1. The van der Waals surface area contributed by atoms with Crippen LogP contribution in [-0.4, -0.2) is 46.7 Å². The van der Waals surface area contributed by atoms with E-state index >= 15 is 0 Å². The van der Waals surface area contributed by atoms with Gasteiger partial charge in [-0.25, -0.2) is 0 Å². The molecule has 3 amide bonds. The molecule has 9 heteroatoms. The van der Waals surface area contributed by atoms with Crippen LogP contribution in [0.25, 0.3) is 0 Å². The molecule has 0 spiro atoms. The maximum atomic E-state index is 13.2. The largest absolute Gasteiger partial charge is 0.339 e. The second-order valence-corrected chi connectivity index (χ2v) is 9.92. The number of aromatic nitrogens is 1. The Hall–Kier alpha value is -3.23. The molecule has 1 atom stereocenters. The third kappa shape index (κ3) is 5.81. The van der Waals surface area contributed by atoms with Crippen molar-refractivity contribution < 1.29 is 14.4 Å². The van der Waals surface area contributed by atoms with E-state index in [0.717, 1.165) is 48.4 Å². The number of nitrogens with zero attached hydrogens (tertiary/aromatic N) is 2. The summed E-state index contributed by atoms with van der Waals surface area (Å²) >= 11 is 7.11. The van der Waals surface area contributed by atoms with Gasteiger partial charge in [0.1, 0.15) is 6.04 Å². The molecule has 7 nitrogen and oxygen atoms in total. The van der Waals surface area contributed by atoms with E-state index in [1.807, 2.05) is 11.8 Å². The van der Waals surface area contributed by atoms with Crippen molar-refractivity contribution in [2.45, 2.75) is 32.2 Å². The molecule has 3 aromatic rings. The monoisotopic (exact) mass is 496 g/mol. The van der Waals surface area contributed by atoms with Crippen molar-refractivity contribution >= 4 is 46.3 Å². The van der Waals surface area contributed by atoms with Crippen molar-refractivity contribution in [2.75, 3.05) is 18.4 Å². The standard InChI is InChI=1S/C25H25ClN4O3S/c1-16-14-18(4-5-19(16)25(33)30-12-2-3-13-30)28-23(31)20(15-17-8-10-27-11-9-17)29-24(32)21-6-7-22(26)34-21/h4-11,14,20H,2-3,12-13,15H2,1H3,(H,28,31)(H,29,32)/t20-/m1/s1. The van der Waals surface area contributed by atoms with Crippen LogP contribution >= 0.6 is 22.9 Å². The van der Waals surface area contributed by atoms with E-state index in [9.17, 15) is 14.4 Å². The maximum Gasteiger partial charge on any atom is 0.262 e. The lowest BCUT2D eigenvalue weighted by Gasteiger charge is -2.20. The summed E-state index contributed by atoms with van der Waals surface area (Å²) in [6.45, 7) is 3.42. The summed E-state index contributed by atoms with van der Waals surface area (Å²) in [7, 11) is 0. The number of rotatable bonds is 7. The number of hydrogen-bond donors (Lipinski definition) is 2. The fraction of sp³-hybridized carbons (Fsp3) is 0.280. The van der Waals surface area contributed by atoms with E-state index < -0.39 is 6.04 Å². The van der Waals surface area contributed by atoms with Gasteiger partial charge >= 0.3 is 0 Å². The predicted molar refractivity (Wildman–Crippen MR) is 133 cm³/mol. The zero-order valence-corrected chi connectivity index (χ0v) is 20.3. The predicted octanol–water partition coefficient (Wildman–Crippen LogP) is 4.32. The topological polar surface area (TPSA) is 91.4 Å². The lowest BCUT2D eigenvalue weighted by molar-refractivity contribution is -0.118. The molecule has 4 rings (SSSR count). The number of amides is 3. The highest BCUT2D eigenvalue weighted by molar-refractivity contribution is 7.18. The van der Waals surface area contributed by atoms with Gasteiger partial charge in [0.2, 0.25) is 5.91 Å². The van der Waals surface area contributed by atoms with Crippen molar-refractivity contribution in [3.8, 4) is 0 Å². The Morgan fingerprint density at radius 1 is 1.09 bits per heavy atom. The third-order valence-corrected chi connectivity index (χ3v) is 6.96. The van der Waals surface area contributed by atoms with Gasteiger partial charge in [0.25, 0.3) is 11.8 Å². The molecule has 0 saturated carbocycles. The van der Waals surface area contributed by atoms with Crippen LogP contribution in [-0.2, 0) is 11.2 Å². The molecule has 34 heavy (non-hydrogen) atoms. The Morgan fingerprint density at radius 2 is 1.82 bits per heavy atom. The van der Waals surface area contributed by atoms with E-state index in [1.54, 1.807) is 54.9 Å². The second-order valence-electron chi connectivity index (χ2n) is 8.21. The molecule has 1 aliphatic heterocycles. The van der Waals surface area contributed by atoms with Crippen molar-refractivity contribution in [3.63, 3.8) is 0 Å². The van der Waals surface area contributed by atoms with Crippen LogP contribution < -0.4 is 10.6 Å². The number of hydrogen-bond acceptors (Lipinski definition) is 5. The van der Waals surface area contributed by atoms with E-state index in [-0.39, 0.29) is 17.7 Å². The fourth-order valence-electron chi connectivity index (χ4n) is 3.93. The molecular formula is C25H25ClN4O3S. The summed E-state index contributed by atoms with van der Waals surface area (Å²) in [5.74, 6) is -0.704. The van der Waals surface area contributed by atoms with Crippen LogP contribution in [0.3, 0.4) is 0 Å². The number of nitrogens with one attached hydrogen (secondary N) is 2. The van der Waals surface area contributed by atoms with Crippen molar-refractivity contribution in [1.82, 2.24) is 15.2 Å². The van der Waals surface area contributed by atoms with Crippen LogP contribution in [0.5, 0.6) is 0 Å². The Morgan fingerprint density at radius 3 is 2.47 bits per heavy atom. The molecule has 1 fully saturated rings. The first-order chi connectivity index (χ1) is 16.4. The number of anilines is 1. The lowest BCUT2D eigenvalue weighted by atomic mass is 10.0. The molecule has 0 radical (unpaired) electrons. The first-order valence-corrected chi connectivity index (χ1v) is 12.3. The van der Waals surface area contributed by atoms with Crippen molar-refractivity contribution in [3.05, 3.63) is 80.8 Å². The highest BCUT2D eigenvalue weighted by Gasteiger charge is 2.24. The van der Waals surface area contributed by atoms with Crippen LogP contribution in [0.15, 0.2) is 54.9 Å². The minimum atomic E-state index is -0.818. The van der Waals surface area contributed by atoms with Gasteiger partial charge in [-0.3, -0.25) is 19.4 Å². The van der Waals surface area contributed by atoms with Crippen molar-refractivity contribution in [2.24, 2.45) is 0 Å². The quantitative estimate of drug-likeness (QED) is 0.509. The Labute approximate surface area is 207 Å². The molecular weight excluding hydrogens is 472 g/mol. The first kappa shape index (κ1) is 23.9. The highest BCUT2D eigenvalue weighted by Crippen LogP contribution is 2.22. The SMILES string of the molecule is Cc1cc(NC(=O)[C@@H](Cc2ccncc2)NC(=O)c2ccc(Cl)s2)ccc1C(=O)N1CCCC1. The lowest BCUT2D eigenvalue weighted by Crippen LogP contribution is -2.45. The highest BCUT2D eigenvalue weighted by atomic mass is 35.5. The zero-order valence-electron chi connectivity index (χ0n) is 18.7. The number of thiophene rings is 1. The summed E-state index contributed by atoms with van der Waals surface area (Å²) in [6, 6.07) is 11.3. The molecule has 0 unspecified atom stereocenters. The Bertz CT molecular complexity index is 1190. The smallest absolute Gasteiger partial charge is 0.262 e. The molecule has 1 aromatic carbocycles. The molecule has 0 bridgehead atoms. The van der Waals surface area contributed by atoms with Gasteiger partial charge in [-0.05, 0) is 73.4 Å². The van der Waals surface area contributed by atoms with Gasteiger partial charge in [-0.15, -0.1) is 11.3 Å². The average Bonchev–Trinajstić information content (AvgIpc) is 3.51. The van der Waals surface area contributed by atoms with Gasteiger partial charge in [-0.2, -0.15) is 0 Å². The van der Waals surface area contributed by atoms with Crippen LogP contribution in [0, 0.1) is 6.92 Å². The Balaban J connectivity index is 1.49. The summed E-state index contributed by atoms with van der Waals surface area (Å²) in [6.07, 6.45) is 5.64. The summed E-state index contributed by atoms with van der Waals surface area (Å²) in [4.78, 5) is 45.0. The van der Waals surface area contributed by atoms with Gasteiger partial charge in [0, 0.05) is 43.2 Å². The van der Waals surface area contributed by atoms with Gasteiger partial charge in [-0.1, -0.05) is 11.6 Å². The molecule has 1 saturated heterocycles.